The number of aliphatic hydroxyl groups excluding tert-OH is 5. The number of hydrogen-bond acceptors (Lipinski definition) is 12. The van der Waals surface area contributed by atoms with Crippen molar-refractivity contribution in [1.82, 2.24) is 0 Å². The van der Waals surface area contributed by atoms with Crippen LogP contribution in [0.4, 0.5) is 0 Å². The molecule has 5 N–H and O–H groups in total. The lowest BCUT2D eigenvalue weighted by atomic mass is 9.95. The second kappa shape index (κ2) is 11.1. The van der Waals surface area contributed by atoms with Gasteiger partial charge in [-0.1, -0.05) is 0 Å². The van der Waals surface area contributed by atoms with E-state index in [-0.39, 0.29) is 33.0 Å². The molecule has 0 aromatic rings. The van der Waals surface area contributed by atoms with Crippen LogP contribution in [0.15, 0.2) is 0 Å². The van der Waals surface area contributed by atoms with Crippen LogP contribution in [0, 0.1) is 0 Å². The minimum absolute atomic E-state index is 0.0516. The fraction of sp³-hybridized carbons (Fsp3) is 0.944. The van der Waals surface area contributed by atoms with Gasteiger partial charge in [-0.25, -0.2) is 0 Å². The van der Waals surface area contributed by atoms with Gasteiger partial charge in [0, 0.05) is 21.1 Å². The Morgan fingerprint density at radius 1 is 0.833 bits per heavy atom. The van der Waals surface area contributed by atoms with E-state index in [1.807, 2.05) is 0 Å². The summed E-state index contributed by atoms with van der Waals surface area (Å²) in [6.45, 7) is 0.380. The van der Waals surface area contributed by atoms with Crippen LogP contribution in [-0.4, -0.2) is 133 Å². The van der Waals surface area contributed by atoms with Crippen LogP contribution in [0.25, 0.3) is 0 Å². The second-order valence-electron chi connectivity index (χ2n) is 7.55. The van der Waals surface area contributed by atoms with E-state index in [2.05, 4.69) is 0 Å². The minimum atomic E-state index is -1.54. The van der Waals surface area contributed by atoms with E-state index in [4.69, 9.17) is 28.4 Å². The Kier molecular flexibility index (Phi) is 9.36. The Hall–Kier alpha value is -0.930. The van der Waals surface area contributed by atoms with Crippen molar-refractivity contribution >= 4 is 5.97 Å². The summed E-state index contributed by atoms with van der Waals surface area (Å²) >= 11 is 0. The molecule has 2 rings (SSSR count). The van der Waals surface area contributed by atoms with E-state index < -0.39 is 60.4 Å². The maximum Gasteiger partial charge on any atom is 0.302 e. The van der Waals surface area contributed by atoms with Gasteiger partial charge in [-0.05, 0) is 0 Å². The predicted octanol–water partition coefficient (Wildman–Crippen LogP) is -3.43. The zero-order valence-corrected chi connectivity index (χ0v) is 17.2. The summed E-state index contributed by atoms with van der Waals surface area (Å²) in [5, 5.41) is 50.9. The van der Waals surface area contributed by atoms with Crippen molar-refractivity contribution in [2.24, 2.45) is 0 Å². The van der Waals surface area contributed by atoms with Crippen molar-refractivity contribution in [2.75, 3.05) is 47.3 Å². The van der Waals surface area contributed by atoms with E-state index in [1.165, 1.54) is 21.1 Å². The van der Waals surface area contributed by atoms with Crippen LogP contribution >= 0.6 is 0 Å². The summed E-state index contributed by atoms with van der Waals surface area (Å²) in [6.07, 6.45) is -9.90. The molecule has 0 amide bonds. The van der Waals surface area contributed by atoms with Crippen molar-refractivity contribution < 1.29 is 58.7 Å². The summed E-state index contributed by atoms with van der Waals surface area (Å²) in [5.74, 6) is -0.586. The van der Waals surface area contributed by atoms with Crippen molar-refractivity contribution in [3.63, 3.8) is 0 Å². The van der Waals surface area contributed by atoms with Crippen molar-refractivity contribution in [3.8, 4) is 0 Å². The van der Waals surface area contributed by atoms with E-state index in [0.29, 0.717) is 0 Å². The molecule has 0 saturated carbocycles. The van der Waals surface area contributed by atoms with Crippen LogP contribution in [0.1, 0.15) is 6.92 Å². The van der Waals surface area contributed by atoms with E-state index in [1.54, 1.807) is 0 Å². The average molecular weight is 440 g/mol. The van der Waals surface area contributed by atoms with Crippen LogP contribution in [0.2, 0.25) is 0 Å². The molecule has 0 aromatic carbocycles. The maximum atomic E-state index is 11.0. The number of hydrogen-bond donors (Lipinski definition) is 5. The summed E-state index contributed by atoms with van der Waals surface area (Å²) in [7, 11) is 2.84. The van der Waals surface area contributed by atoms with Gasteiger partial charge in [0.1, 0.15) is 61.0 Å². The molecule has 2 aliphatic heterocycles. The molecular weight excluding hydrogens is 408 g/mol. The third-order valence-corrected chi connectivity index (χ3v) is 5.24. The standard InChI is InChI=1S/C18H32O12/c1-9(19)28-6-11-14(21)16(23)13(20)10(29-11)5-27-8-18(7-26-3)17(24)15(22)12(30-18)4-25-2/h10-17,20-24H,4-8H2,1-3H3. The van der Waals surface area contributed by atoms with Gasteiger partial charge in [-0.2, -0.15) is 0 Å². The Labute approximate surface area is 174 Å². The van der Waals surface area contributed by atoms with E-state index >= 15 is 0 Å². The fourth-order valence-corrected chi connectivity index (χ4v) is 3.63. The molecule has 0 bridgehead atoms. The highest BCUT2D eigenvalue weighted by Gasteiger charge is 2.54. The molecule has 2 saturated heterocycles. The van der Waals surface area contributed by atoms with E-state index in [0.717, 1.165) is 0 Å². The number of esters is 1. The lowest BCUT2D eigenvalue weighted by molar-refractivity contribution is -0.246. The number of aliphatic hydroxyl groups is 5. The minimum Gasteiger partial charge on any atom is -0.463 e. The SMILES string of the molecule is COCC1OC(COC)(COCC2OC(COC(C)=O)C(O)C(O)C2O)C(O)C1O. The Balaban J connectivity index is 1.99. The average Bonchev–Trinajstić information content (AvgIpc) is 2.92. The number of methoxy groups -OCH3 is 2. The molecule has 12 heteroatoms. The number of rotatable bonds is 10. The largest absolute Gasteiger partial charge is 0.463 e. The van der Waals surface area contributed by atoms with Gasteiger partial charge in [-0.3, -0.25) is 4.79 Å². The summed E-state index contributed by atoms with van der Waals surface area (Å²) in [5.41, 5.74) is -1.38. The molecule has 0 radical (unpaired) electrons. The zero-order valence-electron chi connectivity index (χ0n) is 17.2. The van der Waals surface area contributed by atoms with Gasteiger partial charge in [0.15, 0.2) is 0 Å². The highest BCUT2D eigenvalue weighted by Crippen LogP contribution is 2.33. The summed E-state index contributed by atoms with van der Waals surface area (Å²) in [6, 6.07) is 0. The third kappa shape index (κ3) is 5.65. The third-order valence-electron chi connectivity index (χ3n) is 5.24. The lowest BCUT2D eigenvalue weighted by Crippen LogP contribution is -2.60. The van der Waals surface area contributed by atoms with Crippen LogP contribution in [0.3, 0.4) is 0 Å². The highest BCUT2D eigenvalue weighted by molar-refractivity contribution is 5.65. The molecule has 2 aliphatic rings. The second-order valence-corrected chi connectivity index (χ2v) is 7.55. The van der Waals surface area contributed by atoms with Gasteiger partial charge in [0.2, 0.25) is 0 Å². The molecule has 0 aromatic heterocycles. The first-order chi connectivity index (χ1) is 14.2. The smallest absolute Gasteiger partial charge is 0.302 e. The topological polar surface area (TPSA) is 174 Å². The molecule has 2 heterocycles. The predicted molar refractivity (Wildman–Crippen MR) is 97.5 cm³/mol. The molecule has 30 heavy (non-hydrogen) atoms. The monoisotopic (exact) mass is 440 g/mol. The summed E-state index contributed by atoms with van der Waals surface area (Å²) < 4.78 is 31.8. The van der Waals surface area contributed by atoms with Gasteiger partial charge in [0.05, 0.1) is 26.4 Å². The number of carbonyl (C=O) groups is 1. The van der Waals surface area contributed by atoms with Gasteiger partial charge < -0.3 is 54.0 Å². The van der Waals surface area contributed by atoms with Gasteiger partial charge in [0.25, 0.3) is 0 Å². The lowest BCUT2D eigenvalue weighted by Gasteiger charge is -2.40. The quantitative estimate of drug-likeness (QED) is 0.213. The first-order valence-corrected chi connectivity index (χ1v) is 9.59. The normalized spacial score (nSPS) is 41.7. The molecule has 0 spiro atoms. The van der Waals surface area contributed by atoms with Gasteiger partial charge in [-0.15, -0.1) is 0 Å². The van der Waals surface area contributed by atoms with Crippen molar-refractivity contribution in [2.45, 2.75) is 61.4 Å². The molecule has 176 valence electrons. The molecule has 2 fully saturated rings. The highest BCUT2D eigenvalue weighted by atomic mass is 16.6. The summed E-state index contributed by atoms with van der Waals surface area (Å²) in [4.78, 5) is 11.0. The van der Waals surface area contributed by atoms with Crippen molar-refractivity contribution in [3.05, 3.63) is 0 Å². The number of carbonyl (C=O) groups excluding carboxylic acids is 1. The molecular formula is C18H32O12. The van der Waals surface area contributed by atoms with Crippen LogP contribution in [-0.2, 0) is 33.2 Å². The first kappa shape index (κ1) is 25.3. The molecule has 0 aliphatic carbocycles. The molecule has 9 atom stereocenters. The fourth-order valence-electron chi connectivity index (χ4n) is 3.63. The molecule has 12 nitrogen and oxygen atoms in total. The van der Waals surface area contributed by atoms with Crippen LogP contribution < -0.4 is 0 Å². The zero-order chi connectivity index (χ0) is 22.5. The Morgan fingerprint density at radius 3 is 2.03 bits per heavy atom. The van der Waals surface area contributed by atoms with Crippen LogP contribution in [0.5, 0.6) is 0 Å². The molecule has 9 unspecified atom stereocenters. The Bertz CT molecular complexity index is 547. The van der Waals surface area contributed by atoms with Gasteiger partial charge >= 0.3 is 5.97 Å². The first-order valence-electron chi connectivity index (χ1n) is 9.59. The van der Waals surface area contributed by atoms with E-state index in [9.17, 15) is 30.3 Å². The maximum absolute atomic E-state index is 11.0. The van der Waals surface area contributed by atoms with Crippen molar-refractivity contribution in [1.29, 1.82) is 0 Å². The number of ether oxygens (including phenoxy) is 6. The Morgan fingerprint density at radius 2 is 1.47 bits per heavy atom.